The summed E-state index contributed by atoms with van der Waals surface area (Å²) in [6, 6.07) is 40.7. The van der Waals surface area contributed by atoms with Crippen LogP contribution in [0.1, 0.15) is 11.7 Å². The van der Waals surface area contributed by atoms with Crippen LogP contribution in [0.3, 0.4) is 0 Å². The van der Waals surface area contributed by atoms with E-state index in [0.29, 0.717) is 0 Å². The zero-order valence-corrected chi connectivity index (χ0v) is 19.2. The molecule has 34 heavy (non-hydrogen) atoms. The third kappa shape index (κ3) is 3.07. The van der Waals surface area contributed by atoms with Crippen LogP contribution in [0, 0.1) is 0 Å². The number of hydrogen-bond donors (Lipinski definition) is 1. The summed E-state index contributed by atoms with van der Waals surface area (Å²) in [6.45, 7) is 0. The normalized spacial score (nSPS) is 14.9. The lowest BCUT2D eigenvalue weighted by Gasteiger charge is -2.27. The number of nitrogens with one attached hydrogen (secondary N) is 1. The van der Waals surface area contributed by atoms with Crippen molar-refractivity contribution in [2.24, 2.45) is 0 Å². The number of fused-ring (bicyclic) bond motifs is 4. The van der Waals surface area contributed by atoms with Gasteiger partial charge >= 0.3 is 0 Å². The summed E-state index contributed by atoms with van der Waals surface area (Å²) < 4.78 is 1.26. The van der Waals surface area contributed by atoms with E-state index >= 15 is 0 Å². The van der Waals surface area contributed by atoms with Crippen LogP contribution in [-0.4, -0.2) is 4.98 Å². The summed E-state index contributed by atoms with van der Waals surface area (Å²) in [5.41, 5.74) is 6.93. The van der Waals surface area contributed by atoms with Crippen molar-refractivity contribution < 1.29 is 0 Å². The van der Waals surface area contributed by atoms with Gasteiger partial charge in [-0.15, -0.1) is 11.3 Å². The minimum absolute atomic E-state index is 0.0299. The van der Waals surface area contributed by atoms with Crippen LogP contribution in [0.4, 0.5) is 17.1 Å². The molecule has 0 saturated carbocycles. The molecule has 1 aliphatic heterocycles. The number of anilines is 3. The number of thiophene rings is 1. The number of pyridine rings is 1. The summed E-state index contributed by atoms with van der Waals surface area (Å²) in [5, 5.41) is 6.22. The first kappa shape index (κ1) is 19.3. The van der Waals surface area contributed by atoms with Crippen LogP contribution >= 0.6 is 11.3 Å². The van der Waals surface area contributed by atoms with Gasteiger partial charge in [-0.2, -0.15) is 0 Å². The van der Waals surface area contributed by atoms with Gasteiger partial charge in [0.2, 0.25) is 0 Å². The number of para-hydroxylation sites is 3. The van der Waals surface area contributed by atoms with E-state index in [4.69, 9.17) is 4.98 Å². The number of hydrogen-bond acceptors (Lipinski definition) is 4. The van der Waals surface area contributed by atoms with Crippen molar-refractivity contribution in [3.63, 3.8) is 0 Å². The lowest BCUT2D eigenvalue weighted by molar-refractivity contribution is 0.830. The SMILES string of the molecule is c1ccc(-c2ccc3c(n2)sc2cc(C4Nc5ccccc5N4c4ccccc4)ccc23)cc1. The standard InChI is InChI=1S/C30H21N3S/c1-3-9-20(10-4-1)25-18-17-24-23-16-15-21(19-28(23)34-30(24)32-25)29-31-26-13-7-8-14-27(26)33(29)22-11-5-2-6-12-22/h1-19,29,31H. The van der Waals surface area contributed by atoms with Crippen molar-refractivity contribution in [3.8, 4) is 11.3 Å². The number of aromatic nitrogens is 1. The van der Waals surface area contributed by atoms with Gasteiger partial charge in [0, 0.05) is 26.7 Å². The molecule has 0 bridgehead atoms. The van der Waals surface area contributed by atoms with Gasteiger partial charge < -0.3 is 10.2 Å². The van der Waals surface area contributed by atoms with Gasteiger partial charge in [0.25, 0.3) is 0 Å². The van der Waals surface area contributed by atoms with Crippen molar-refractivity contribution >= 4 is 48.7 Å². The van der Waals surface area contributed by atoms with Gasteiger partial charge in [-0.1, -0.05) is 72.8 Å². The first-order valence-corrected chi connectivity index (χ1v) is 12.3. The van der Waals surface area contributed by atoms with Crippen LogP contribution < -0.4 is 10.2 Å². The first-order valence-electron chi connectivity index (χ1n) is 11.4. The van der Waals surface area contributed by atoms with Crippen LogP contribution in [0.15, 0.2) is 115 Å². The molecule has 0 aliphatic carbocycles. The molecular weight excluding hydrogens is 434 g/mol. The van der Waals surface area contributed by atoms with Crippen LogP contribution in [-0.2, 0) is 0 Å². The molecule has 1 N–H and O–H groups in total. The Hall–Kier alpha value is -4.15. The fraction of sp³-hybridized carbons (Fsp3) is 0.0333. The second-order valence-corrected chi connectivity index (χ2v) is 9.57. The van der Waals surface area contributed by atoms with Crippen molar-refractivity contribution in [3.05, 3.63) is 121 Å². The number of nitrogens with zero attached hydrogens (tertiary/aromatic N) is 2. The molecule has 1 atom stereocenters. The molecule has 0 saturated heterocycles. The molecule has 7 rings (SSSR count). The molecule has 4 heteroatoms. The molecule has 1 aliphatic rings. The average molecular weight is 456 g/mol. The Morgan fingerprint density at radius 3 is 2.29 bits per heavy atom. The van der Waals surface area contributed by atoms with E-state index in [-0.39, 0.29) is 6.17 Å². The third-order valence-corrected chi connectivity index (χ3v) is 7.56. The molecule has 0 fully saturated rings. The molecule has 4 aromatic carbocycles. The Kier molecular flexibility index (Phi) is 4.39. The second kappa shape index (κ2) is 7.72. The highest BCUT2D eigenvalue weighted by atomic mass is 32.1. The van der Waals surface area contributed by atoms with E-state index in [9.17, 15) is 0 Å². The quantitative estimate of drug-likeness (QED) is 0.290. The highest BCUT2D eigenvalue weighted by Gasteiger charge is 2.31. The molecule has 1 unspecified atom stereocenters. The van der Waals surface area contributed by atoms with E-state index in [0.717, 1.165) is 21.8 Å². The largest absolute Gasteiger partial charge is 0.359 e. The van der Waals surface area contributed by atoms with Gasteiger partial charge in [-0.3, -0.25) is 0 Å². The summed E-state index contributed by atoms with van der Waals surface area (Å²) in [7, 11) is 0. The monoisotopic (exact) mass is 455 g/mol. The Morgan fingerprint density at radius 1 is 0.706 bits per heavy atom. The Bertz CT molecular complexity index is 1640. The maximum absolute atomic E-state index is 5.00. The van der Waals surface area contributed by atoms with Gasteiger partial charge in [0.15, 0.2) is 0 Å². The molecular formula is C30H21N3S. The molecule has 0 spiro atoms. The van der Waals surface area contributed by atoms with E-state index < -0.39 is 0 Å². The Labute approximate surface area is 201 Å². The summed E-state index contributed by atoms with van der Waals surface area (Å²) in [5.74, 6) is 0. The van der Waals surface area contributed by atoms with E-state index in [2.05, 4.69) is 119 Å². The first-order chi connectivity index (χ1) is 16.8. The van der Waals surface area contributed by atoms with Crippen LogP contribution in [0.2, 0.25) is 0 Å². The van der Waals surface area contributed by atoms with Gasteiger partial charge in [-0.05, 0) is 48.0 Å². The molecule has 3 heterocycles. The molecule has 0 amide bonds. The summed E-state index contributed by atoms with van der Waals surface area (Å²) in [4.78, 5) is 8.46. The highest BCUT2D eigenvalue weighted by molar-refractivity contribution is 7.25. The lowest BCUT2D eigenvalue weighted by Crippen LogP contribution is -2.23. The Balaban J connectivity index is 1.34. The minimum Gasteiger partial charge on any atom is -0.359 e. The minimum atomic E-state index is 0.0299. The van der Waals surface area contributed by atoms with Crippen molar-refractivity contribution in [1.82, 2.24) is 4.98 Å². The predicted molar refractivity (Wildman–Crippen MR) is 144 cm³/mol. The fourth-order valence-electron chi connectivity index (χ4n) is 4.88. The molecule has 6 aromatic rings. The van der Waals surface area contributed by atoms with E-state index in [1.54, 1.807) is 11.3 Å². The van der Waals surface area contributed by atoms with Gasteiger partial charge in [0.05, 0.1) is 17.1 Å². The zero-order chi connectivity index (χ0) is 22.5. The van der Waals surface area contributed by atoms with E-state index in [1.807, 2.05) is 6.07 Å². The van der Waals surface area contributed by atoms with Crippen molar-refractivity contribution in [2.75, 3.05) is 10.2 Å². The summed E-state index contributed by atoms with van der Waals surface area (Å²) >= 11 is 1.77. The van der Waals surface area contributed by atoms with Gasteiger partial charge in [0.1, 0.15) is 11.0 Å². The number of benzene rings is 4. The Morgan fingerprint density at radius 2 is 1.44 bits per heavy atom. The number of rotatable bonds is 3. The highest BCUT2D eigenvalue weighted by Crippen LogP contribution is 2.46. The predicted octanol–water partition coefficient (Wildman–Crippen LogP) is 8.38. The van der Waals surface area contributed by atoms with E-state index in [1.165, 1.54) is 32.4 Å². The summed E-state index contributed by atoms with van der Waals surface area (Å²) in [6.07, 6.45) is 0.0299. The second-order valence-electron chi connectivity index (χ2n) is 8.54. The fourth-order valence-corrected chi connectivity index (χ4v) is 6.00. The average Bonchev–Trinajstić information content (AvgIpc) is 3.47. The molecule has 3 nitrogen and oxygen atoms in total. The van der Waals surface area contributed by atoms with Crippen LogP contribution in [0.5, 0.6) is 0 Å². The third-order valence-electron chi connectivity index (χ3n) is 6.50. The van der Waals surface area contributed by atoms with Crippen LogP contribution in [0.25, 0.3) is 31.6 Å². The molecule has 162 valence electrons. The maximum atomic E-state index is 5.00. The molecule has 0 radical (unpaired) electrons. The molecule has 2 aromatic heterocycles. The topological polar surface area (TPSA) is 28.2 Å². The smallest absolute Gasteiger partial charge is 0.130 e. The lowest BCUT2D eigenvalue weighted by atomic mass is 10.1. The zero-order valence-electron chi connectivity index (χ0n) is 18.3. The maximum Gasteiger partial charge on any atom is 0.130 e. The van der Waals surface area contributed by atoms with Crippen molar-refractivity contribution in [1.29, 1.82) is 0 Å². The van der Waals surface area contributed by atoms with Gasteiger partial charge in [-0.25, -0.2) is 4.98 Å². The van der Waals surface area contributed by atoms with Crippen molar-refractivity contribution in [2.45, 2.75) is 6.17 Å².